The predicted molar refractivity (Wildman–Crippen MR) is 174 cm³/mol. The second kappa shape index (κ2) is 14.4. The summed E-state index contributed by atoms with van der Waals surface area (Å²) in [4.78, 5) is 24.9. The average molecular weight is 625 g/mol. The summed E-state index contributed by atoms with van der Waals surface area (Å²) in [5.41, 5.74) is 5.83. The fourth-order valence-electron chi connectivity index (χ4n) is 5.74. The van der Waals surface area contributed by atoms with Crippen molar-refractivity contribution in [2.24, 2.45) is 0 Å². The average Bonchev–Trinajstić information content (AvgIpc) is 2.99. The Morgan fingerprint density at radius 3 is 1.04 bits per heavy atom. The molecule has 0 spiro atoms. The maximum atomic E-state index is 12.5. The standard InChI is InChI=1S/C38H40O8/c1-23(2)45-33(39)21-43-37-29-13-7-14-30(37)18-26-10-6-12-28(36(26)42)20-32-16-8-15-31(38(32)44-22-34(40)46-24(3)4)19-27-11-5-9-25(17-29)35(27)41/h5-16,23-24,41-42H,17-22H2,1-4H3. The summed E-state index contributed by atoms with van der Waals surface area (Å²) in [6.45, 7) is 6.57. The van der Waals surface area contributed by atoms with E-state index in [-0.39, 0.29) is 36.9 Å². The zero-order valence-corrected chi connectivity index (χ0v) is 26.7. The van der Waals surface area contributed by atoms with Gasteiger partial charge in [-0.05, 0) is 72.2 Å². The number of aromatic hydroxyl groups is 2. The van der Waals surface area contributed by atoms with Gasteiger partial charge >= 0.3 is 11.9 Å². The van der Waals surface area contributed by atoms with E-state index in [0.29, 0.717) is 59.4 Å². The second-order valence-corrected chi connectivity index (χ2v) is 12.0. The van der Waals surface area contributed by atoms with Gasteiger partial charge in [0.2, 0.25) is 0 Å². The molecule has 5 rings (SSSR count). The molecule has 0 unspecified atom stereocenters. The Labute approximate surface area is 269 Å². The van der Waals surface area contributed by atoms with Crippen molar-refractivity contribution in [1.29, 1.82) is 0 Å². The van der Waals surface area contributed by atoms with Crippen LogP contribution in [0.15, 0.2) is 72.8 Å². The largest absolute Gasteiger partial charge is 0.507 e. The molecule has 0 amide bonds. The Balaban J connectivity index is 1.61. The number of hydrogen-bond donors (Lipinski definition) is 2. The fraction of sp³-hybridized carbons (Fsp3) is 0.316. The monoisotopic (exact) mass is 624 g/mol. The van der Waals surface area contributed by atoms with Crippen LogP contribution in [0.1, 0.15) is 72.2 Å². The van der Waals surface area contributed by atoms with Gasteiger partial charge in [-0.1, -0.05) is 72.8 Å². The van der Waals surface area contributed by atoms with Gasteiger partial charge in [-0.15, -0.1) is 0 Å². The van der Waals surface area contributed by atoms with Gasteiger partial charge in [0.25, 0.3) is 0 Å². The topological polar surface area (TPSA) is 112 Å². The molecule has 0 aliphatic heterocycles. The predicted octanol–water partition coefficient (Wildman–Crippen LogP) is 6.44. The number of hydrogen-bond acceptors (Lipinski definition) is 8. The lowest BCUT2D eigenvalue weighted by atomic mass is 9.91. The van der Waals surface area contributed by atoms with Gasteiger partial charge in [0.05, 0.1) is 12.2 Å². The summed E-state index contributed by atoms with van der Waals surface area (Å²) < 4.78 is 22.9. The van der Waals surface area contributed by atoms with Crippen LogP contribution < -0.4 is 9.47 Å². The minimum atomic E-state index is -0.482. The first kappa shape index (κ1) is 32.4. The molecule has 8 nitrogen and oxygen atoms in total. The number of phenols is 2. The van der Waals surface area contributed by atoms with Gasteiger partial charge in [-0.25, -0.2) is 9.59 Å². The molecule has 0 aromatic heterocycles. The molecule has 4 aromatic carbocycles. The van der Waals surface area contributed by atoms with Gasteiger partial charge in [0, 0.05) is 25.7 Å². The molecular weight excluding hydrogens is 584 g/mol. The summed E-state index contributed by atoms with van der Waals surface area (Å²) in [5, 5.41) is 23.0. The highest BCUT2D eigenvalue weighted by Gasteiger charge is 2.21. The molecule has 2 N–H and O–H groups in total. The van der Waals surface area contributed by atoms with Gasteiger partial charge in [0.1, 0.15) is 23.0 Å². The van der Waals surface area contributed by atoms with Gasteiger partial charge in [-0.2, -0.15) is 0 Å². The quantitative estimate of drug-likeness (QED) is 0.190. The normalized spacial score (nSPS) is 12.5. The van der Waals surface area contributed by atoms with Crippen molar-refractivity contribution in [2.75, 3.05) is 13.2 Å². The fourth-order valence-corrected chi connectivity index (χ4v) is 5.74. The number of fused-ring (bicyclic) bond motifs is 8. The molecule has 1 aliphatic carbocycles. The highest BCUT2D eigenvalue weighted by atomic mass is 16.6. The van der Waals surface area contributed by atoms with Crippen molar-refractivity contribution in [3.05, 3.63) is 117 Å². The number of esters is 2. The zero-order valence-electron chi connectivity index (χ0n) is 26.7. The minimum absolute atomic E-state index is 0.142. The smallest absolute Gasteiger partial charge is 0.344 e. The summed E-state index contributed by atoms with van der Waals surface area (Å²) >= 11 is 0. The molecule has 8 bridgehead atoms. The first-order valence-electron chi connectivity index (χ1n) is 15.5. The van der Waals surface area contributed by atoms with Crippen LogP contribution in [0.3, 0.4) is 0 Å². The van der Waals surface area contributed by atoms with Crippen molar-refractivity contribution >= 4 is 11.9 Å². The van der Waals surface area contributed by atoms with E-state index in [9.17, 15) is 19.8 Å². The number of ether oxygens (including phenoxy) is 4. The van der Waals surface area contributed by atoms with E-state index in [1.165, 1.54) is 0 Å². The summed E-state index contributed by atoms with van der Waals surface area (Å²) in [7, 11) is 0. The maximum absolute atomic E-state index is 12.5. The maximum Gasteiger partial charge on any atom is 0.344 e. The molecular formula is C38H40O8. The molecule has 4 aromatic rings. The van der Waals surface area contributed by atoms with Crippen molar-refractivity contribution in [1.82, 2.24) is 0 Å². The Hall–Kier alpha value is -4.98. The van der Waals surface area contributed by atoms with Gasteiger partial charge in [0.15, 0.2) is 13.2 Å². The highest BCUT2D eigenvalue weighted by Crippen LogP contribution is 2.38. The van der Waals surface area contributed by atoms with Gasteiger partial charge < -0.3 is 29.2 Å². The molecule has 0 fully saturated rings. The first-order chi connectivity index (χ1) is 22.1. The highest BCUT2D eigenvalue weighted by molar-refractivity contribution is 5.72. The van der Waals surface area contributed by atoms with Crippen LogP contribution in [0.4, 0.5) is 0 Å². The number of para-hydroxylation sites is 4. The van der Waals surface area contributed by atoms with E-state index in [2.05, 4.69) is 0 Å². The Bertz CT molecular complexity index is 1510. The lowest BCUT2D eigenvalue weighted by Crippen LogP contribution is -2.20. The van der Waals surface area contributed by atoms with Crippen molar-refractivity contribution in [2.45, 2.75) is 65.6 Å². The molecule has 0 radical (unpaired) electrons. The minimum Gasteiger partial charge on any atom is -0.507 e. The lowest BCUT2D eigenvalue weighted by Gasteiger charge is -2.20. The summed E-state index contributed by atoms with van der Waals surface area (Å²) in [6.07, 6.45) is 0.778. The van der Waals surface area contributed by atoms with Crippen LogP contribution in [0.2, 0.25) is 0 Å². The molecule has 8 heteroatoms. The third-order valence-corrected chi connectivity index (χ3v) is 7.69. The lowest BCUT2D eigenvalue weighted by molar-refractivity contribution is -0.150. The number of carbonyl (C=O) groups is 2. The van der Waals surface area contributed by atoms with E-state index < -0.39 is 11.9 Å². The Kier molecular flexibility index (Phi) is 10.2. The second-order valence-electron chi connectivity index (χ2n) is 12.0. The Morgan fingerprint density at radius 2 is 0.783 bits per heavy atom. The molecule has 0 atom stereocenters. The van der Waals surface area contributed by atoms with Crippen LogP contribution in [-0.2, 0) is 44.7 Å². The van der Waals surface area contributed by atoms with Crippen LogP contribution in [0.25, 0.3) is 0 Å². The molecule has 46 heavy (non-hydrogen) atoms. The van der Waals surface area contributed by atoms with Crippen molar-refractivity contribution < 1.29 is 38.7 Å². The van der Waals surface area contributed by atoms with Crippen LogP contribution in [0, 0.1) is 0 Å². The van der Waals surface area contributed by atoms with E-state index in [1.54, 1.807) is 27.7 Å². The van der Waals surface area contributed by atoms with Gasteiger partial charge in [-0.3, -0.25) is 0 Å². The number of benzene rings is 4. The Morgan fingerprint density at radius 1 is 0.522 bits per heavy atom. The van der Waals surface area contributed by atoms with E-state index >= 15 is 0 Å². The molecule has 0 saturated carbocycles. The third kappa shape index (κ3) is 7.80. The van der Waals surface area contributed by atoms with Crippen LogP contribution in [-0.4, -0.2) is 47.6 Å². The van der Waals surface area contributed by atoms with Crippen molar-refractivity contribution in [3.63, 3.8) is 0 Å². The third-order valence-electron chi connectivity index (χ3n) is 7.69. The SMILES string of the molecule is CC(C)OC(=O)COc1c2cccc1Cc1cccc(c1O)Cc1cccc(c1OCC(=O)OC(C)C)Cc1cccc(c1O)C2. The van der Waals surface area contributed by atoms with E-state index in [1.807, 2.05) is 72.8 Å². The van der Waals surface area contributed by atoms with E-state index in [0.717, 1.165) is 22.3 Å². The summed E-state index contributed by atoms with van der Waals surface area (Å²) in [6, 6.07) is 22.7. The first-order valence-corrected chi connectivity index (χ1v) is 15.5. The number of carbonyl (C=O) groups excluding carboxylic acids is 2. The van der Waals surface area contributed by atoms with E-state index in [4.69, 9.17) is 18.9 Å². The number of phenolic OH excluding ortho intramolecular Hbond substituents is 2. The number of rotatable bonds is 8. The molecule has 240 valence electrons. The molecule has 0 heterocycles. The van der Waals surface area contributed by atoms with Crippen molar-refractivity contribution in [3.8, 4) is 23.0 Å². The summed E-state index contributed by atoms with van der Waals surface area (Å²) in [5.74, 6) is 0.346. The van der Waals surface area contributed by atoms with Crippen LogP contribution in [0.5, 0.6) is 23.0 Å². The molecule has 1 aliphatic rings. The van der Waals surface area contributed by atoms with Crippen LogP contribution >= 0.6 is 0 Å². The molecule has 0 saturated heterocycles. The zero-order chi connectivity index (χ0) is 32.8.